The van der Waals surface area contributed by atoms with Gasteiger partial charge in [-0.3, -0.25) is 14.3 Å². The number of rotatable bonds is 11. The zero-order valence-electron chi connectivity index (χ0n) is 24.0. The first kappa shape index (κ1) is 28.2. The van der Waals surface area contributed by atoms with Crippen LogP contribution in [0, 0.1) is 6.92 Å². The molecule has 0 saturated carbocycles. The highest BCUT2D eigenvalue weighted by Gasteiger charge is 2.26. The van der Waals surface area contributed by atoms with Crippen molar-refractivity contribution in [2.75, 3.05) is 7.11 Å². The third kappa shape index (κ3) is 6.47. The number of nitrogens with one attached hydrogen (secondary N) is 2. The SMILES string of the molecule is COc1ccc(-n2c(SCc3cccnc3)nnc2C(Cc2ccccc2)NC(=O)Cc2c(C)[nH]c3ccccc23)cc1. The van der Waals surface area contributed by atoms with Crippen molar-refractivity contribution in [3.8, 4) is 11.4 Å². The standard InChI is InChI=1S/C34H32N6O2S/c1-23-29(28-12-6-7-13-30(28)36-23)20-32(41)37-31(19-24-9-4-3-5-10-24)33-38-39-34(43-22-25-11-8-18-35-21-25)40(33)26-14-16-27(42-2)17-15-26/h3-18,21,31,36H,19-20,22H2,1-2H3,(H,37,41). The summed E-state index contributed by atoms with van der Waals surface area (Å²) in [6.45, 7) is 2.01. The average Bonchev–Trinajstić information content (AvgIpc) is 3.61. The van der Waals surface area contributed by atoms with Crippen molar-refractivity contribution in [1.82, 2.24) is 30.0 Å². The van der Waals surface area contributed by atoms with E-state index in [1.165, 1.54) is 0 Å². The minimum Gasteiger partial charge on any atom is -0.497 e. The number of pyridine rings is 1. The Morgan fingerprint density at radius 1 is 0.953 bits per heavy atom. The van der Waals surface area contributed by atoms with E-state index in [-0.39, 0.29) is 12.3 Å². The normalized spacial score (nSPS) is 11.9. The topological polar surface area (TPSA) is 97.7 Å². The van der Waals surface area contributed by atoms with Crippen molar-refractivity contribution in [2.24, 2.45) is 0 Å². The summed E-state index contributed by atoms with van der Waals surface area (Å²) in [7, 11) is 1.65. The number of methoxy groups -OCH3 is 1. The molecule has 3 heterocycles. The van der Waals surface area contributed by atoms with Gasteiger partial charge in [-0.2, -0.15) is 0 Å². The zero-order valence-corrected chi connectivity index (χ0v) is 24.8. The molecule has 1 amide bonds. The van der Waals surface area contributed by atoms with Gasteiger partial charge >= 0.3 is 0 Å². The first-order chi connectivity index (χ1) is 21.1. The van der Waals surface area contributed by atoms with E-state index in [1.54, 1.807) is 25.1 Å². The number of carbonyl (C=O) groups excluding carboxylic acids is 1. The molecular formula is C34H32N6O2S. The van der Waals surface area contributed by atoms with Crippen LogP contribution in [0.15, 0.2) is 109 Å². The number of aromatic amines is 1. The Kier molecular flexibility index (Phi) is 8.51. The van der Waals surface area contributed by atoms with E-state index in [9.17, 15) is 4.79 Å². The van der Waals surface area contributed by atoms with Crippen molar-refractivity contribution in [3.05, 3.63) is 132 Å². The first-order valence-corrected chi connectivity index (χ1v) is 15.1. The van der Waals surface area contributed by atoms with Crippen molar-refractivity contribution in [1.29, 1.82) is 0 Å². The Balaban J connectivity index is 1.36. The average molecular weight is 589 g/mol. The molecule has 0 aliphatic heterocycles. The number of para-hydroxylation sites is 1. The lowest BCUT2D eigenvalue weighted by molar-refractivity contribution is -0.121. The van der Waals surface area contributed by atoms with E-state index in [4.69, 9.17) is 4.74 Å². The van der Waals surface area contributed by atoms with Crippen LogP contribution in [-0.4, -0.2) is 37.7 Å². The molecule has 1 atom stereocenters. The van der Waals surface area contributed by atoms with Crippen LogP contribution in [0.5, 0.6) is 5.75 Å². The predicted molar refractivity (Wildman–Crippen MR) is 169 cm³/mol. The molecule has 0 aliphatic carbocycles. The smallest absolute Gasteiger partial charge is 0.225 e. The van der Waals surface area contributed by atoms with Crippen LogP contribution in [0.1, 0.15) is 34.3 Å². The van der Waals surface area contributed by atoms with Gasteiger partial charge in [-0.1, -0.05) is 66.4 Å². The molecule has 1 unspecified atom stereocenters. The Morgan fingerprint density at radius 2 is 1.72 bits per heavy atom. The molecule has 8 nitrogen and oxygen atoms in total. The van der Waals surface area contributed by atoms with E-state index in [1.807, 2.05) is 90.5 Å². The lowest BCUT2D eigenvalue weighted by atomic mass is 10.0. The van der Waals surface area contributed by atoms with Gasteiger partial charge in [-0.25, -0.2) is 0 Å². The van der Waals surface area contributed by atoms with E-state index in [0.29, 0.717) is 18.0 Å². The highest BCUT2D eigenvalue weighted by molar-refractivity contribution is 7.98. The fraction of sp³-hybridized carbons (Fsp3) is 0.176. The maximum Gasteiger partial charge on any atom is 0.225 e. The second-order valence-electron chi connectivity index (χ2n) is 10.3. The maximum atomic E-state index is 13.7. The monoisotopic (exact) mass is 588 g/mol. The number of benzene rings is 3. The van der Waals surface area contributed by atoms with Crippen LogP contribution < -0.4 is 10.1 Å². The number of thioether (sulfide) groups is 1. The summed E-state index contributed by atoms with van der Waals surface area (Å²) < 4.78 is 7.44. The van der Waals surface area contributed by atoms with Crippen LogP contribution >= 0.6 is 11.8 Å². The van der Waals surface area contributed by atoms with Gasteiger partial charge in [0.15, 0.2) is 11.0 Å². The lowest BCUT2D eigenvalue weighted by Crippen LogP contribution is -2.33. The number of ether oxygens (including phenoxy) is 1. The molecule has 0 radical (unpaired) electrons. The maximum absolute atomic E-state index is 13.7. The van der Waals surface area contributed by atoms with Crippen LogP contribution in [0.2, 0.25) is 0 Å². The molecule has 6 aromatic rings. The van der Waals surface area contributed by atoms with Gasteiger partial charge in [-0.05, 0) is 66.4 Å². The van der Waals surface area contributed by atoms with Crippen molar-refractivity contribution >= 4 is 28.6 Å². The van der Waals surface area contributed by atoms with Gasteiger partial charge in [0.2, 0.25) is 5.91 Å². The summed E-state index contributed by atoms with van der Waals surface area (Å²) in [6.07, 6.45) is 4.43. The van der Waals surface area contributed by atoms with Crippen LogP contribution in [0.3, 0.4) is 0 Å². The van der Waals surface area contributed by atoms with Crippen LogP contribution in [-0.2, 0) is 23.4 Å². The number of H-pyrrole nitrogens is 1. The number of fused-ring (bicyclic) bond motifs is 1. The molecule has 0 saturated heterocycles. The van der Waals surface area contributed by atoms with Gasteiger partial charge in [0.1, 0.15) is 5.75 Å². The molecule has 9 heteroatoms. The Labute approximate surface area is 254 Å². The number of aryl methyl sites for hydroxylation is 1. The molecule has 2 N–H and O–H groups in total. The largest absolute Gasteiger partial charge is 0.497 e. The highest BCUT2D eigenvalue weighted by Crippen LogP contribution is 2.30. The summed E-state index contributed by atoms with van der Waals surface area (Å²) in [5, 5.41) is 14.4. The minimum absolute atomic E-state index is 0.0809. The summed E-state index contributed by atoms with van der Waals surface area (Å²) in [5.41, 5.74) is 6.07. The number of carbonyl (C=O) groups is 1. The second-order valence-corrected chi connectivity index (χ2v) is 11.2. The second kappa shape index (κ2) is 13.0. The number of aromatic nitrogens is 5. The fourth-order valence-corrected chi connectivity index (χ4v) is 6.12. The summed E-state index contributed by atoms with van der Waals surface area (Å²) >= 11 is 1.58. The van der Waals surface area contributed by atoms with Crippen molar-refractivity contribution in [3.63, 3.8) is 0 Å². The summed E-state index contributed by atoms with van der Waals surface area (Å²) in [5.74, 6) is 2.01. The molecule has 0 fully saturated rings. The van der Waals surface area contributed by atoms with Gasteiger partial charge in [0.05, 0.1) is 19.6 Å². The predicted octanol–water partition coefficient (Wildman–Crippen LogP) is 6.40. The zero-order chi connectivity index (χ0) is 29.6. The minimum atomic E-state index is -0.428. The number of hydrogen-bond acceptors (Lipinski definition) is 6. The third-order valence-electron chi connectivity index (χ3n) is 7.37. The molecule has 0 aliphatic rings. The third-order valence-corrected chi connectivity index (χ3v) is 8.37. The quantitative estimate of drug-likeness (QED) is 0.170. The summed E-state index contributed by atoms with van der Waals surface area (Å²) in [4.78, 5) is 21.4. The van der Waals surface area contributed by atoms with Gasteiger partial charge < -0.3 is 15.0 Å². The number of nitrogens with zero attached hydrogens (tertiary/aromatic N) is 4. The van der Waals surface area contributed by atoms with Crippen LogP contribution in [0.25, 0.3) is 16.6 Å². The van der Waals surface area contributed by atoms with Crippen molar-refractivity contribution in [2.45, 2.75) is 36.7 Å². The highest BCUT2D eigenvalue weighted by atomic mass is 32.2. The Morgan fingerprint density at radius 3 is 2.49 bits per heavy atom. The first-order valence-electron chi connectivity index (χ1n) is 14.1. The van der Waals surface area contributed by atoms with Crippen LogP contribution in [0.4, 0.5) is 0 Å². The number of amides is 1. The van der Waals surface area contributed by atoms with E-state index in [0.717, 1.165) is 49.9 Å². The number of hydrogen-bond donors (Lipinski definition) is 2. The molecule has 3 aromatic carbocycles. The molecule has 6 rings (SSSR count). The lowest BCUT2D eigenvalue weighted by Gasteiger charge is -2.20. The molecular weight excluding hydrogens is 556 g/mol. The van der Waals surface area contributed by atoms with Gasteiger partial charge in [0, 0.05) is 40.4 Å². The van der Waals surface area contributed by atoms with Crippen molar-refractivity contribution < 1.29 is 9.53 Å². The van der Waals surface area contributed by atoms with E-state index in [2.05, 4.69) is 43.7 Å². The molecule has 43 heavy (non-hydrogen) atoms. The van der Waals surface area contributed by atoms with Gasteiger partial charge in [-0.15, -0.1) is 10.2 Å². The molecule has 0 bridgehead atoms. The fourth-order valence-electron chi connectivity index (χ4n) is 5.23. The Bertz CT molecular complexity index is 1820. The van der Waals surface area contributed by atoms with Gasteiger partial charge in [0.25, 0.3) is 0 Å². The molecule has 216 valence electrons. The summed E-state index contributed by atoms with van der Waals surface area (Å²) in [6, 6.07) is 29.5. The molecule has 0 spiro atoms. The molecule has 3 aromatic heterocycles. The van der Waals surface area contributed by atoms with E-state index >= 15 is 0 Å². The Hall–Kier alpha value is -4.89. The van der Waals surface area contributed by atoms with E-state index < -0.39 is 6.04 Å².